The predicted octanol–water partition coefficient (Wildman–Crippen LogP) is 2.59. The van der Waals surface area contributed by atoms with Crippen molar-refractivity contribution in [3.05, 3.63) is 64.0 Å². The molecule has 31 heavy (non-hydrogen) atoms. The summed E-state index contributed by atoms with van der Waals surface area (Å²) in [6.07, 6.45) is 3.79. The molecule has 160 valence electrons. The van der Waals surface area contributed by atoms with Gasteiger partial charge in [0.05, 0.1) is 27.5 Å². The van der Waals surface area contributed by atoms with Crippen LogP contribution in [0.3, 0.4) is 0 Å². The van der Waals surface area contributed by atoms with Crippen molar-refractivity contribution in [3.8, 4) is 5.69 Å². The van der Waals surface area contributed by atoms with E-state index in [-0.39, 0.29) is 17.6 Å². The van der Waals surface area contributed by atoms with Crippen molar-refractivity contribution < 1.29 is 9.59 Å². The molecule has 0 spiro atoms. The zero-order valence-corrected chi connectivity index (χ0v) is 17.8. The second-order valence-electron chi connectivity index (χ2n) is 7.13. The van der Waals surface area contributed by atoms with Crippen LogP contribution in [-0.2, 0) is 0 Å². The van der Waals surface area contributed by atoms with E-state index in [1.54, 1.807) is 41.4 Å². The lowest BCUT2D eigenvalue weighted by Crippen LogP contribution is -2.31. The van der Waals surface area contributed by atoms with Crippen molar-refractivity contribution in [2.45, 2.75) is 12.5 Å². The topological polar surface area (TPSA) is 132 Å². The van der Waals surface area contributed by atoms with Crippen LogP contribution in [0.15, 0.2) is 42.7 Å². The molecule has 11 heteroatoms. The van der Waals surface area contributed by atoms with Gasteiger partial charge in [-0.05, 0) is 30.7 Å². The van der Waals surface area contributed by atoms with Gasteiger partial charge >= 0.3 is 0 Å². The lowest BCUT2D eigenvalue weighted by Gasteiger charge is -2.15. The Kier molecular flexibility index (Phi) is 5.81. The summed E-state index contributed by atoms with van der Waals surface area (Å²) in [4.78, 5) is 30.4. The highest BCUT2D eigenvalue weighted by molar-refractivity contribution is 6.37. The van der Waals surface area contributed by atoms with E-state index in [4.69, 9.17) is 34.7 Å². The normalized spacial score (nSPS) is 15.8. The fourth-order valence-electron chi connectivity index (χ4n) is 3.36. The number of anilines is 2. The van der Waals surface area contributed by atoms with Crippen molar-refractivity contribution in [3.63, 3.8) is 0 Å². The number of aromatic nitrogens is 3. The van der Waals surface area contributed by atoms with Crippen molar-refractivity contribution in [2.75, 3.05) is 18.4 Å². The molecule has 1 aliphatic heterocycles. The van der Waals surface area contributed by atoms with Crippen LogP contribution in [0.1, 0.15) is 27.3 Å². The maximum absolute atomic E-state index is 12.5. The summed E-state index contributed by atoms with van der Waals surface area (Å²) in [6, 6.07) is 8.31. The highest BCUT2D eigenvalue weighted by atomic mass is 35.5. The minimum Gasteiger partial charge on any atom is -0.364 e. The van der Waals surface area contributed by atoms with Gasteiger partial charge in [0.25, 0.3) is 11.8 Å². The van der Waals surface area contributed by atoms with Crippen molar-refractivity contribution in [1.29, 1.82) is 0 Å². The van der Waals surface area contributed by atoms with Gasteiger partial charge < -0.3 is 21.7 Å². The first-order valence-electron chi connectivity index (χ1n) is 9.45. The van der Waals surface area contributed by atoms with E-state index in [0.717, 1.165) is 6.42 Å². The summed E-state index contributed by atoms with van der Waals surface area (Å²) >= 11 is 12.5. The van der Waals surface area contributed by atoms with Gasteiger partial charge in [-0.2, -0.15) is 5.10 Å². The SMILES string of the molecule is NC(=O)c1nn(-c2c(Cl)cccc2Cl)cc1Nc1ccc(C(=O)N2CC[C@H](N)C2)cn1. The van der Waals surface area contributed by atoms with Gasteiger partial charge in [-0.3, -0.25) is 9.59 Å². The first kappa shape index (κ1) is 21.1. The fourth-order valence-corrected chi connectivity index (χ4v) is 3.93. The Hall–Kier alpha value is -3.14. The van der Waals surface area contributed by atoms with Gasteiger partial charge in [-0.15, -0.1) is 0 Å². The number of nitrogens with two attached hydrogens (primary N) is 2. The van der Waals surface area contributed by atoms with Crippen LogP contribution in [-0.4, -0.2) is 50.6 Å². The van der Waals surface area contributed by atoms with Crippen LogP contribution in [0.2, 0.25) is 10.0 Å². The van der Waals surface area contributed by atoms with E-state index in [1.807, 2.05) is 0 Å². The zero-order chi connectivity index (χ0) is 22.1. The summed E-state index contributed by atoms with van der Waals surface area (Å²) in [5.74, 6) is -0.449. The standard InChI is InChI=1S/C20H19Cl2N7O2/c21-13-2-1-3-14(22)18(13)29-10-15(17(27-29)19(24)30)26-16-5-4-11(8-25-16)20(31)28-7-6-12(23)9-28/h1-5,8,10,12H,6-7,9,23H2,(H2,24,30)(H,25,26)/t12-/m0/s1. The number of nitrogens with one attached hydrogen (secondary N) is 1. The summed E-state index contributed by atoms with van der Waals surface area (Å²) in [5, 5.41) is 7.94. The summed E-state index contributed by atoms with van der Waals surface area (Å²) in [6.45, 7) is 1.16. The smallest absolute Gasteiger partial charge is 0.271 e. The van der Waals surface area contributed by atoms with Gasteiger partial charge in [-0.25, -0.2) is 9.67 Å². The maximum Gasteiger partial charge on any atom is 0.271 e. The minimum atomic E-state index is -0.735. The number of carbonyl (C=O) groups excluding carboxylic acids is 2. The Balaban J connectivity index is 1.58. The predicted molar refractivity (Wildman–Crippen MR) is 118 cm³/mol. The van der Waals surface area contributed by atoms with E-state index in [9.17, 15) is 9.59 Å². The van der Waals surface area contributed by atoms with Gasteiger partial charge in [0.1, 0.15) is 11.5 Å². The molecule has 1 atom stereocenters. The van der Waals surface area contributed by atoms with E-state index in [2.05, 4.69) is 15.4 Å². The number of likely N-dealkylation sites (tertiary alicyclic amines) is 1. The number of pyridine rings is 1. The van der Waals surface area contributed by atoms with Crippen molar-refractivity contribution in [2.24, 2.45) is 11.5 Å². The fraction of sp³-hybridized carbons (Fsp3) is 0.200. The number of carbonyl (C=O) groups is 2. The molecule has 1 fully saturated rings. The third kappa shape index (κ3) is 4.34. The highest BCUT2D eigenvalue weighted by Gasteiger charge is 2.25. The number of hydrogen-bond donors (Lipinski definition) is 3. The molecule has 0 radical (unpaired) electrons. The van der Waals surface area contributed by atoms with Crippen LogP contribution >= 0.6 is 23.2 Å². The Morgan fingerprint density at radius 3 is 2.48 bits per heavy atom. The molecular weight excluding hydrogens is 441 g/mol. The van der Waals surface area contributed by atoms with Crippen LogP contribution in [0.25, 0.3) is 5.69 Å². The molecule has 1 saturated heterocycles. The number of rotatable bonds is 5. The molecule has 0 aliphatic carbocycles. The molecule has 1 aliphatic rings. The van der Waals surface area contributed by atoms with Crippen LogP contribution in [0, 0.1) is 0 Å². The number of amides is 2. The molecule has 1 aromatic carbocycles. The molecule has 9 nitrogen and oxygen atoms in total. The van der Waals surface area contributed by atoms with E-state index in [0.29, 0.717) is 45.9 Å². The van der Waals surface area contributed by atoms with Gasteiger partial charge in [0.15, 0.2) is 5.69 Å². The average molecular weight is 460 g/mol. The molecule has 3 heterocycles. The van der Waals surface area contributed by atoms with Gasteiger partial charge in [0, 0.05) is 25.3 Å². The molecule has 0 unspecified atom stereocenters. The van der Waals surface area contributed by atoms with Crippen molar-refractivity contribution >= 4 is 46.5 Å². The first-order chi connectivity index (χ1) is 14.8. The number of para-hydroxylation sites is 1. The number of hydrogen-bond acceptors (Lipinski definition) is 6. The van der Waals surface area contributed by atoms with Crippen LogP contribution in [0.5, 0.6) is 0 Å². The molecular formula is C20H19Cl2N7O2. The minimum absolute atomic E-state index is 0.00762. The molecule has 2 aromatic heterocycles. The van der Waals surface area contributed by atoms with Gasteiger partial charge in [0.2, 0.25) is 0 Å². The van der Waals surface area contributed by atoms with E-state index >= 15 is 0 Å². The third-order valence-corrected chi connectivity index (χ3v) is 5.51. The molecule has 5 N–H and O–H groups in total. The quantitative estimate of drug-likeness (QED) is 0.536. The van der Waals surface area contributed by atoms with Crippen LogP contribution in [0.4, 0.5) is 11.5 Å². The Bertz CT molecular complexity index is 1130. The Morgan fingerprint density at radius 2 is 1.90 bits per heavy atom. The van der Waals surface area contributed by atoms with E-state index in [1.165, 1.54) is 10.9 Å². The lowest BCUT2D eigenvalue weighted by molar-refractivity contribution is 0.0790. The van der Waals surface area contributed by atoms with Crippen LogP contribution < -0.4 is 16.8 Å². The first-order valence-corrected chi connectivity index (χ1v) is 10.2. The second kappa shape index (κ2) is 8.54. The molecule has 0 bridgehead atoms. The maximum atomic E-state index is 12.5. The summed E-state index contributed by atoms with van der Waals surface area (Å²) < 4.78 is 1.38. The zero-order valence-electron chi connectivity index (χ0n) is 16.3. The number of primary amides is 1. The molecule has 2 amide bonds. The second-order valence-corrected chi connectivity index (χ2v) is 7.94. The summed E-state index contributed by atoms with van der Waals surface area (Å²) in [5.41, 5.74) is 12.5. The molecule has 3 aromatic rings. The monoisotopic (exact) mass is 459 g/mol. The lowest BCUT2D eigenvalue weighted by atomic mass is 10.2. The number of halogens is 2. The van der Waals surface area contributed by atoms with Crippen molar-refractivity contribution in [1.82, 2.24) is 19.7 Å². The largest absolute Gasteiger partial charge is 0.364 e. The average Bonchev–Trinajstić information content (AvgIpc) is 3.34. The van der Waals surface area contributed by atoms with E-state index < -0.39 is 5.91 Å². The van der Waals surface area contributed by atoms with Gasteiger partial charge in [-0.1, -0.05) is 29.3 Å². The Morgan fingerprint density at radius 1 is 1.16 bits per heavy atom. The number of nitrogens with zero attached hydrogens (tertiary/aromatic N) is 4. The summed E-state index contributed by atoms with van der Waals surface area (Å²) in [7, 11) is 0. The molecule has 0 saturated carbocycles. The Labute approximate surface area is 187 Å². The molecule has 4 rings (SSSR count). The third-order valence-electron chi connectivity index (χ3n) is 4.90. The highest BCUT2D eigenvalue weighted by Crippen LogP contribution is 2.30. The number of benzene rings is 1.